The maximum absolute atomic E-state index is 12.3. The average Bonchev–Trinajstić information content (AvgIpc) is 2.44. The molecule has 0 heterocycles. The number of rotatable bonds is 5. The van der Waals surface area contributed by atoms with E-state index >= 15 is 0 Å². The summed E-state index contributed by atoms with van der Waals surface area (Å²) in [6.45, 7) is 0. The monoisotopic (exact) mass is 298 g/mol. The molecule has 1 aliphatic rings. The molecule has 1 aliphatic carbocycles. The minimum atomic E-state index is -3.45. The van der Waals surface area contributed by atoms with Crippen LogP contribution in [0.4, 0.5) is 0 Å². The number of hydrogen-bond donors (Lipinski definition) is 1. The Morgan fingerprint density at radius 1 is 1.45 bits per heavy atom. The molecule has 1 unspecified atom stereocenters. The maximum atomic E-state index is 12.3. The summed E-state index contributed by atoms with van der Waals surface area (Å²) in [7, 11) is -1.91. The van der Waals surface area contributed by atoms with Crippen LogP contribution in [0.25, 0.3) is 0 Å². The van der Waals surface area contributed by atoms with Gasteiger partial charge in [0.05, 0.1) is 24.5 Å². The van der Waals surface area contributed by atoms with Gasteiger partial charge in [-0.15, -0.1) is 0 Å². The molecule has 1 aromatic carbocycles. The topological polar surface area (TPSA) is 80.7 Å². The summed E-state index contributed by atoms with van der Waals surface area (Å²) in [5.74, 6) is -0.775. The van der Waals surface area contributed by atoms with Crippen LogP contribution in [0.1, 0.15) is 35.6 Å². The van der Waals surface area contributed by atoms with Gasteiger partial charge in [0.25, 0.3) is 0 Å². The standard InChI is InChI=1S/C14H18O5S/c1-19-11-6-5-10-3-2-4-13(12(10)9-11)20(17,18)8-7-14(15)16/h5-6,9,13H,2-4,7-8H2,1H3,(H,15,16). The van der Waals surface area contributed by atoms with Crippen molar-refractivity contribution in [2.45, 2.75) is 30.9 Å². The second-order valence-corrected chi connectivity index (χ2v) is 7.26. The average molecular weight is 298 g/mol. The highest BCUT2D eigenvalue weighted by Gasteiger charge is 2.32. The number of ether oxygens (including phenoxy) is 1. The van der Waals surface area contributed by atoms with Gasteiger partial charge < -0.3 is 9.84 Å². The van der Waals surface area contributed by atoms with Crippen LogP contribution in [0.2, 0.25) is 0 Å². The summed E-state index contributed by atoms with van der Waals surface area (Å²) in [6.07, 6.45) is 1.85. The van der Waals surface area contributed by atoms with Crippen LogP contribution in [-0.2, 0) is 21.1 Å². The van der Waals surface area contributed by atoms with Crippen molar-refractivity contribution in [2.75, 3.05) is 12.9 Å². The molecule has 0 bridgehead atoms. The number of carbonyl (C=O) groups is 1. The highest BCUT2D eigenvalue weighted by molar-refractivity contribution is 7.91. The van der Waals surface area contributed by atoms with Gasteiger partial charge in [-0.1, -0.05) is 6.07 Å². The van der Waals surface area contributed by atoms with Crippen LogP contribution in [0.5, 0.6) is 5.75 Å². The molecule has 20 heavy (non-hydrogen) atoms. The highest BCUT2D eigenvalue weighted by Crippen LogP contribution is 2.38. The molecule has 5 nitrogen and oxygen atoms in total. The summed E-state index contributed by atoms with van der Waals surface area (Å²) >= 11 is 0. The molecule has 0 amide bonds. The van der Waals surface area contributed by atoms with Crippen molar-refractivity contribution in [3.63, 3.8) is 0 Å². The molecule has 1 aromatic rings. The summed E-state index contributed by atoms with van der Waals surface area (Å²) in [4.78, 5) is 10.6. The summed E-state index contributed by atoms with van der Waals surface area (Å²) in [5, 5.41) is 8.06. The fourth-order valence-electron chi connectivity index (χ4n) is 2.61. The Balaban J connectivity index is 2.33. The van der Waals surface area contributed by atoms with E-state index in [1.165, 1.54) is 0 Å². The largest absolute Gasteiger partial charge is 0.497 e. The number of aliphatic carboxylic acids is 1. The minimum absolute atomic E-state index is 0.316. The molecule has 6 heteroatoms. The number of aryl methyl sites for hydroxylation is 1. The van der Waals surface area contributed by atoms with Crippen LogP contribution < -0.4 is 4.74 Å². The van der Waals surface area contributed by atoms with Gasteiger partial charge in [0.2, 0.25) is 0 Å². The Labute approximate surface area is 118 Å². The zero-order valence-electron chi connectivity index (χ0n) is 11.3. The van der Waals surface area contributed by atoms with Crippen LogP contribution in [0, 0.1) is 0 Å². The fourth-order valence-corrected chi connectivity index (χ4v) is 4.48. The number of methoxy groups -OCH3 is 1. The van der Waals surface area contributed by atoms with E-state index in [4.69, 9.17) is 9.84 Å². The number of sulfone groups is 1. The lowest BCUT2D eigenvalue weighted by Gasteiger charge is -2.25. The molecule has 0 saturated heterocycles. The molecular weight excluding hydrogens is 280 g/mol. The first-order chi connectivity index (χ1) is 9.44. The lowest BCUT2D eigenvalue weighted by Crippen LogP contribution is -2.22. The van der Waals surface area contributed by atoms with Crippen molar-refractivity contribution < 1.29 is 23.1 Å². The Morgan fingerprint density at radius 3 is 2.85 bits per heavy atom. The number of carboxylic acids is 1. The SMILES string of the molecule is COc1ccc2c(c1)C(S(=O)(=O)CCC(=O)O)CCC2. The first kappa shape index (κ1) is 14.8. The predicted octanol–water partition coefficient (Wildman–Crippen LogP) is 1.96. The van der Waals surface area contributed by atoms with Gasteiger partial charge in [-0.25, -0.2) is 8.42 Å². The molecule has 1 N–H and O–H groups in total. The van der Waals surface area contributed by atoms with E-state index in [1.807, 2.05) is 12.1 Å². The predicted molar refractivity (Wildman–Crippen MR) is 74.7 cm³/mol. The molecule has 0 aromatic heterocycles. The van der Waals surface area contributed by atoms with Crippen LogP contribution in [0.15, 0.2) is 18.2 Å². The van der Waals surface area contributed by atoms with Crippen molar-refractivity contribution in [1.29, 1.82) is 0 Å². The smallest absolute Gasteiger partial charge is 0.304 e. The molecule has 0 saturated carbocycles. The van der Waals surface area contributed by atoms with E-state index in [2.05, 4.69) is 0 Å². The quantitative estimate of drug-likeness (QED) is 0.898. The lowest BCUT2D eigenvalue weighted by molar-refractivity contribution is -0.136. The van der Waals surface area contributed by atoms with E-state index in [9.17, 15) is 13.2 Å². The number of carboxylic acid groups (broad SMARTS) is 1. The summed E-state index contributed by atoms with van der Waals surface area (Å²) in [5.41, 5.74) is 1.78. The molecule has 0 spiro atoms. The van der Waals surface area contributed by atoms with Crippen molar-refractivity contribution in [3.8, 4) is 5.75 Å². The van der Waals surface area contributed by atoms with Gasteiger partial charge in [-0.2, -0.15) is 0 Å². The van der Waals surface area contributed by atoms with Gasteiger partial charge in [0.15, 0.2) is 9.84 Å². The second-order valence-electron chi connectivity index (χ2n) is 4.96. The Kier molecular flexibility index (Phi) is 4.32. The maximum Gasteiger partial charge on any atom is 0.304 e. The van der Waals surface area contributed by atoms with Crippen LogP contribution in [0.3, 0.4) is 0 Å². The third-order valence-corrected chi connectivity index (χ3v) is 5.78. The molecule has 0 fully saturated rings. The van der Waals surface area contributed by atoms with E-state index in [0.29, 0.717) is 12.2 Å². The third kappa shape index (κ3) is 3.12. The Morgan fingerprint density at radius 2 is 2.20 bits per heavy atom. The van der Waals surface area contributed by atoms with Crippen molar-refractivity contribution in [1.82, 2.24) is 0 Å². The minimum Gasteiger partial charge on any atom is -0.497 e. The van der Waals surface area contributed by atoms with E-state index in [0.717, 1.165) is 24.0 Å². The van der Waals surface area contributed by atoms with Gasteiger partial charge >= 0.3 is 5.97 Å². The van der Waals surface area contributed by atoms with Crippen LogP contribution >= 0.6 is 0 Å². The Hall–Kier alpha value is -1.56. The number of benzene rings is 1. The number of hydrogen-bond acceptors (Lipinski definition) is 4. The zero-order chi connectivity index (χ0) is 14.8. The molecular formula is C14H18O5S. The Bertz CT molecular complexity index is 606. The summed E-state index contributed by atoms with van der Waals surface area (Å²) in [6, 6.07) is 5.48. The van der Waals surface area contributed by atoms with Crippen molar-refractivity contribution in [3.05, 3.63) is 29.3 Å². The zero-order valence-corrected chi connectivity index (χ0v) is 12.1. The molecule has 110 valence electrons. The third-order valence-electron chi connectivity index (χ3n) is 3.65. The molecule has 2 rings (SSSR count). The van der Waals surface area contributed by atoms with Crippen LogP contribution in [-0.4, -0.2) is 32.4 Å². The fraction of sp³-hybridized carbons (Fsp3) is 0.500. The second kappa shape index (κ2) is 5.83. The number of fused-ring (bicyclic) bond motifs is 1. The molecule has 0 radical (unpaired) electrons. The van der Waals surface area contributed by atoms with E-state index < -0.39 is 21.1 Å². The van der Waals surface area contributed by atoms with Gasteiger partial charge in [0, 0.05) is 0 Å². The summed E-state index contributed by atoms with van der Waals surface area (Å²) < 4.78 is 29.8. The van der Waals surface area contributed by atoms with Gasteiger partial charge in [0.1, 0.15) is 5.75 Å². The molecule has 0 aliphatic heterocycles. The lowest BCUT2D eigenvalue weighted by atomic mass is 9.91. The van der Waals surface area contributed by atoms with Crippen molar-refractivity contribution in [2.24, 2.45) is 0 Å². The van der Waals surface area contributed by atoms with Crippen molar-refractivity contribution >= 4 is 15.8 Å². The first-order valence-electron chi connectivity index (χ1n) is 6.54. The first-order valence-corrected chi connectivity index (χ1v) is 8.26. The van der Waals surface area contributed by atoms with E-state index in [1.54, 1.807) is 13.2 Å². The van der Waals surface area contributed by atoms with Gasteiger partial charge in [-0.3, -0.25) is 4.79 Å². The molecule has 1 atom stereocenters. The van der Waals surface area contributed by atoms with E-state index in [-0.39, 0.29) is 12.2 Å². The normalized spacial score (nSPS) is 18.4. The van der Waals surface area contributed by atoms with Gasteiger partial charge in [-0.05, 0) is 42.5 Å². The highest BCUT2D eigenvalue weighted by atomic mass is 32.2.